The first-order chi connectivity index (χ1) is 7.80. The fraction of sp³-hybridized carbons (Fsp3) is 0.923. The number of hydrogen-bond donors (Lipinski definition) is 1. The zero-order valence-corrected chi connectivity index (χ0v) is 11.9. The van der Waals surface area contributed by atoms with Crippen LogP contribution < -0.4 is 5.73 Å². The van der Waals surface area contributed by atoms with Crippen LogP contribution in [-0.2, 0) is 4.79 Å². The molecule has 2 N–H and O–H groups in total. The largest absolute Gasteiger partial charge is 0.344 e. The minimum absolute atomic E-state index is 0.0818. The second-order valence-corrected chi connectivity index (χ2v) is 5.81. The number of amides is 1. The highest BCUT2D eigenvalue weighted by Crippen LogP contribution is 2.36. The lowest BCUT2D eigenvalue weighted by molar-refractivity contribution is -0.136. The minimum Gasteiger partial charge on any atom is -0.344 e. The van der Waals surface area contributed by atoms with Crippen molar-refractivity contribution in [2.24, 2.45) is 11.7 Å². The fourth-order valence-corrected chi connectivity index (χ4v) is 2.42. The Balaban J connectivity index is 2.59. The molecule has 0 aromatic heterocycles. The molecule has 0 spiro atoms. The third-order valence-electron chi connectivity index (χ3n) is 4.32. The van der Waals surface area contributed by atoms with Crippen molar-refractivity contribution in [3.8, 4) is 0 Å². The molecule has 17 heavy (non-hydrogen) atoms. The molecule has 0 aliphatic heterocycles. The van der Waals surface area contributed by atoms with Crippen LogP contribution in [0.4, 0.5) is 0 Å². The van der Waals surface area contributed by atoms with Crippen molar-refractivity contribution >= 4 is 5.91 Å². The number of nitrogens with zero attached hydrogens (tertiary/aromatic N) is 2. The molecule has 1 fully saturated rings. The molecule has 0 heterocycles. The molecule has 1 aliphatic carbocycles. The Labute approximate surface area is 105 Å². The highest BCUT2D eigenvalue weighted by molar-refractivity contribution is 5.79. The highest BCUT2D eigenvalue weighted by atomic mass is 16.2. The predicted octanol–water partition coefficient (Wildman–Crippen LogP) is 0.912. The molecule has 4 nitrogen and oxygen atoms in total. The zero-order valence-electron chi connectivity index (χ0n) is 11.9. The molecule has 1 amide bonds. The predicted molar refractivity (Wildman–Crippen MR) is 70.7 cm³/mol. The standard InChI is InChI=1S/C13H27N3O/c1-10(11(2)14)12(17)16(5)9-13(15(3)4)7-6-8-13/h10-11H,6-9,14H2,1-5H3. The summed E-state index contributed by atoms with van der Waals surface area (Å²) < 4.78 is 0. The Hall–Kier alpha value is -0.610. The van der Waals surface area contributed by atoms with Gasteiger partial charge in [-0.25, -0.2) is 0 Å². The average Bonchev–Trinajstić information content (AvgIpc) is 2.20. The summed E-state index contributed by atoms with van der Waals surface area (Å²) in [5, 5.41) is 0. The van der Waals surface area contributed by atoms with E-state index in [9.17, 15) is 4.79 Å². The summed E-state index contributed by atoms with van der Waals surface area (Å²) >= 11 is 0. The molecule has 0 aromatic rings. The SMILES string of the molecule is CC(N)C(C)C(=O)N(C)CC1(N(C)C)CCC1. The number of carbonyl (C=O) groups is 1. The Morgan fingerprint density at radius 1 is 1.29 bits per heavy atom. The van der Waals surface area contributed by atoms with E-state index in [0.717, 1.165) is 6.54 Å². The van der Waals surface area contributed by atoms with Gasteiger partial charge in [0.15, 0.2) is 0 Å². The van der Waals surface area contributed by atoms with Gasteiger partial charge in [-0.2, -0.15) is 0 Å². The van der Waals surface area contributed by atoms with Crippen LogP contribution in [0.2, 0.25) is 0 Å². The van der Waals surface area contributed by atoms with Crippen molar-refractivity contribution in [3.63, 3.8) is 0 Å². The van der Waals surface area contributed by atoms with E-state index in [2.05, 4.69) is 19.0 Å². The molecule has 0 bridgehead atoms. The topological polar surface area (TPSA) is 49.6 Å². The smallest absolute Gasteiger partial charge is 0.226 e. The van der Waals surface area contributed by atoms with Crippen LogP contribution in [-0.4, -0.2) is 55.0 Å². The summed E-state index contributed by atoms with van der Waals surface area (Å²) in [5.41, 5.74) is 5.98. The van der Waals surface area contributed by atoms with E-state index in [1.165, 1.54) is 19.3 Å². The van der Waals surface area contributed by atoms with Crippen LogP contribution in [0.25, 0.3) is 0 Å². The minimum atomic E-state index is -0.0979. The lowest BCUT2D eigenvalue weighted by atomic mass is 9.75. The van der Waals surface area contributed by atoms with Crippen LogP contribution in [0.15, 0.2) is 0 Å². The normalized spacial score (nSPS) is 21.8. The molecular formula is C13H27N3O. The maximum atomic E-state index is 12.2. The first-order valence-corrected chi connectivity index (χ1v) is 6.48. The molecular weight excluding hydrogens is 214 g/mol. The number of nitrogens with two attached hydrogens (primary N) is 1. The Morgan fingerprint density at radius 2 is 1.82 bits per heavy atom. The van der Waals surface area contributed by atoms with E-state index < -0.39 is 0 Å². The van der Waals surface area contributed by atoms with E-state index in [1.807, 2.05) is 25.8 Å². The van der Waals surface area contributed by atoms with E-state index in [1.54, 1.807) is 0 Å². The van der Waals surface area contributed by atoms with Crippen molar-refractivity contribution in [2.45, 2.75) is 44.7 Å². The molecule has 1 aliphatic rings. The first-order valence-electron chi connectivity index (χ1n) is 6.48. The lowest BCUT2D eigenvalue weighted by Gasteiger charge is -2.49. The summed E-state index contributed by atoms with van der Waals surface area (Å²) in [6.07, 6.45) is 3.64. The van der Waals surface area contributed by atoms with Gasteiger partial charge in [0.2, 0.25) is 5.91 Å². The van der Waals surface area contributed by atoms with Gasteiger partial charge in [0, 0.05) is 25.2 Å². The zero-order chi connectivity index (χ0) is 13.2. The van der Waals surface area contributed by atoms with Crippen molar-refractivity contribution in [2.75, 3.05) is 27.7 Å². The molecule has 0 aromatic carbocycles. The number of rotatable bonds is 5. The van der Waals surface area contributed by atoms with Crippen molar-refractivity contribution in [3.05, 3.63) is 0 Å². The van der Waals surface area contributed by atoms with Gasteiger partial charge < -0.3 is 15.5 Å². The van der Waals surface area contributed by atoms with Gasteiger partial charge in [-0.15, -0.1) is 0 Å². The summed E-state index contributed by atoms with van der Waals surface area (Å²) in [5.74, 6) is 0.0624. The van der Waals surface area contributed by atoms with Gasteiger partial charge in [-0.3, -0.25) is 4.79 Å². The number of hydrogen-bond acceptors (Lipinski definition) is 3. The summed E-state index contributed by atoms with van der Waals surface area (Å²) in [7, 11) is 6.10. The highest BCUT2D eigenvalue weighted by Gasteiger charge is 2.41. The third-order valence-corrected chi connectivity index (χ3v) is 4.32. The second kappa shape index (κ2) is 5.36. The molecule has 1 saturated carbocycles. The first kappa shape index (κ1) is 14.5. The van der Waals surface area contributed by atoms with Gasteiger partial charge in [0.05, 0.1) is 5.92 Å². The molecule has 2 unspecified atom stereocenters. The molecule has 0 saturated heterocycles. The molecule has 0 radical (unpaired) electrons. The van der Waals surface area contributed by atoms with Crippen LogP contribution >= 0.6 is 0 Å². The Morgan fingerprint density at radius 3 is 2.12 bits per heavy atom. The van der Waals surface area contributed by atoms with E-state index >= 15 is 0 Å². The Kier molecular flexibility index (Phi) is 4.55. The van der Waals surface area contributed by atoms with Crippen LogP contribution in [0.1, 0.15) is 33.1 Å². The summed E-state index contributed by atoms with van der Waals surface area (Å²) in [6, 6.07) is -0.0818. The molecule has 4 heteroatoms. The van der Waals surface area contributed by atoms with Crippen LogP contribution in [0.3, 0.4) is 0 Å². The number of likely N-dealkylation sites (N-methyl/N-ethyl adjacent to an activating group) is 2. The van der Waals surface area contributed by atoms with Gasteiger partial charge in [0.1, 0.15) is 0 Å². The summed E-state index contributed by atoms with van der Waals surface area (Å²) in [6.45, 7) is 4.62. The van der Waals surface area contributed by atoms with Crippen LogP contribution in [0, 0.1) is 5.92 Å². The molecule has 100 valence electrons. The lowest BCUT2D eigenvalue weighted by Crippen LogP contribution is -2.58. The van der Waals surface area contributed by atoms with Gasteiger partial charge in [-0.05, 0) is 40.3 Å². The van der Waals surface area contributed by atoms with E-state index in [4.69, 9.17) is 5.73 Å². The summed E-state index contributed by atoms with van der Waals surface area (Å²) in [4.78, 5) is 16.3. The maximum Gasteiger partial charge on any atom is 0.226 e. The molecule has 1 rings (SSSR count). The fourth-order valence-electron chi connectivity index (χ4n) is 2.42. The van der Waals surface area contributed by atoms with Crippen molar-refractivity contribution in [1.29, 1.82) is 0 Å². The molecule has 2 atom stereocenters. The van der Waals surface area contributed by atoms with Crippen molar-refractivity contribution in [1.82, 2.24) is 9.80 Å². The number of carbonyl (C=O) groups excluding carboxylic acids is 1. The van der Waals surface area contributed by atoms with E-state index in [0.29, 0.717) is 0 Å². The second-order valence-electron chi connectivity index (χ2n) is 5.81. The average molecular weight is 241 g/mol. The van der Waals surface area contributed by atoms with Gasteiger partial charge in [-0.1, -0.05) is 6.92 Å². The monoisotopic (exact) mass is 241 g/mol. The Bertz CT molecular complexity index is 272. The maximum absolute atomic E-state index is 12.2. The van der Waals surface area contributed by atoms with E-state index in [-0.39, 0.29) is 23.4 Å². The van der Waals surface area contributed by atoms with Gasteiger partial charge >= 0.3 is 0 Å². The van der Waals surface area contributed by atoms with Gasteiger partial charge in [0.25, 0.3) is 0 Å². The van der Waals surface area contributed by atoms with Crippen molar-refractivity contribution < 1.29 is 4.79 Å². The van der Waals surface area contributed by atoms with Crippen LogP contribution in [0.5, 0.6) is 0 Å². The third kappa shape index (κ3) is 2.99. The quantitative estimate of drug-likeness (QED) is 0.778.